The van der Waals surface area contributed by atoms with Gasteiger partial charge in [0.25, 0.3) is 0 Å². The van der Waals surface area contributed by atoms with E-state index >= 15 is 0 Å². The second-order valence-corrected chi connectivity index (χ2v) is 5.17. The fraction of sp³-hybridized carbons (Fsp3) is 0.429. The Kier molecular flexibility index (Phi) is 6.61. The van der Waals surface area contributed by atoms with E-state index in [-0.39, 0.29) is 30.9 Å². The Balaban J connectivity index is 0.00000110. The molecule has 2 aromatic rings. The molecule has 3 rings (SSSR count). The third kappa shape index (κ3) is 3.95. The molecule has 116 valence electrons. The summed E-state index contributed by atoms with van der Waals surface area (Å²) in [5.74, 6) is 1.40. The van der Waals surface area contributed by atoms with Crippen LogP contribution in [-0.4, -0.2) is 38.8 Å². The summed E-state index contributed by atoms with van der Waals surface area (Å²) in [6.45, 7) is 2.71. The zero-order chi connectivity index (χ0) is 13.2. The fourth-order valence-corrected chi connectivity index (χ4v) is 2.76. The zero-order valence-corrected chi connectivity index (χ0v) is 13.6. The topological polar surface area (TPSA) is 60.0 Å². The van der Waals surface area contributed by atoms with Crippen LogP contribution in [0.2, 0.25) is 0 Å². The lowest BCUT2D eigenvalue weighted by Crippen LogP contribution is -2.29. The van der Waals surface area contributed by atoms with Gasteiger partial charge in [-0.3, -0.25) is 9.58 Å². The lowest BCUT2D eigenvalue weighted by molar-refractivity contribution is 0.310. The van der Waals surface area contributed by atoms with Gasteiger partial charge in [-0.25, -0.2) is 4.98 Å². The van der Waals surface area contributed by atoms with Crippen LogP contribution in [0.3, 0.4) is 0 Å². The smallest absolute Gasteiger partial charge is 0.140 e. The van der Waals surface area contributed by atoms with Gasteiger partial charge in [0.2, 0.25) is 0 Å². The third-order valence-corrected chi connectivity index (χ3v) is 3.84. The van der Waals surface area contributed by atoms with Crippen LogP contribution in [0.1, 0.15) is 17.3 Å². The van der Waals surface area contributed by atoms with Crippen LogP contribution in [0.15, 0.2) is 36.7 Å². The minimum atomic E-state index is 0. The lowest BCUT2D eigenvalue weighted by atomic mass is 9.95. The van der Waals surface area contributed by atoms with Gasteiger partial charge in [-0.15, -0.1) is 24.8 Å². The Morgan fingerprint density at radius 2 is 1.90 bits per heavy atom. The number of hydrogen-bond acceptors (Lipinski definition) is 4. The average Bonchev–Trinajstić information content (AvgIpc) is 2.98. The largest absolute Gasteiger partial charge is 0.326 e. The van der Waals surface area contributed by atoms with Crippen LogP contribution in [0, 0.1) is 0 Å². The predicted octanol–water partition coefficient (Wildman–Crippen LogP) is 1.59. The zero-order valence-electron chi connectivity index (χ0n) is 11.9. The Morgan fingerprint density at radius 1 is 1.19 bits per heavy atom. The highest BCUT2D eigenvalue weighted by molar-refractivity contribution is 5.85. The van der Waals surface area contributed by atoms with Crippen molar-refractivity contribution >= 4 is 24.8 Å². The summed E-state index contributed by atoms with van der Waals surface area (Å²) in [5.41, 5.74) is 7.61. The highest BCUT2D eigenvalue weighted by Gasteiger charge is 2.31. The van der Waals surface area contributed by atoms with Gasteiger partial charge in [-0.2, -0.15) is 5.10 Å². The third-order valence-electron chi connectivity index (χ3n) is 3.84. The van der Waals surface area contributed by atoms with E-state index in [0.29, 0.717) is 5.92 Å². The molecule has 1 aromatic heterocycles. The van der Waals surface area contributed by atoms with Gasteiger partial charge >= 0.3 is 0 Å². The van der Waals surface area contributed by atoms with E-state index in [1.54, 1.807) is 6.33 Å². The fourth-order valence-electron chi connectivity index (χ4n) is 2.76. The van der Waals surface area contributed by atoms with E-state index in [1.165, 1.54) is 5.56 Å². The Labute approximate surface area is 137 Å². The van der Waals surface area contributed by atoms with Crippen molar-refractivity contribution in [1.29, 1.82) is 0 Å². The van der Waals surface area contributed by atoms with Crippen molar-refractivity contribution < 1.29 is 0 Å². The maximum Gasteiger partial charge on any atom is 0.140 e. The van der Waals surface area contributed by atoms with Gasteiger partial charge in [-0.1, -0.05) is 30.3 Å². The SMILES string of the molecule is Cl.Cl.Cn1ncnc1CN1C[C@@H](N)[C@H](c2ccccc2)C1. The second-order valence-electron chi connectivity index (χ2n) is 5.17. The molecular formula is C14H21Cl2N5. The molecule has 0 amide bonds. The number of likely N-dealkylation sites (tertiary alicyclic amines) is 1. The van der Waals surface area contributed by atoms with E-state index < -0.39 is 0 Å². The van der Waals surface area contributed by atoms with Crippen LogP contribution in [0.25, 0.3) is 0 Å². The highest BCUT2D eigenvalue weighted by Crippen LogP contribution is 2.26. The Hall–Kier alpha value is -1.14. The molecule has 0 unspecified atom stereocenters. The van der Waals surface area contributed by atoms with E-state index in [4.69, 9.17) is 5.73 Å². The number of hydrogen-bond donors (Lipinski definition) is 1. The lowest BCUT2D eigenvalue weighted by Gasteiger charge is -2.15. The van der Waals surface area contributed by atoms with Crippen LogP contribution in [0.5, 0.6) is 0 Å². The van der Waals surface area contributed by atoms with E-state index in [1.807, 2.05) is 17.8 Å². The first kappa shape index (κ1) is 17.9. The number of rotatable bonds is 3. The monoisotopic (exact) mass is 329 g/mol. The first-order valence-corrected chi connectivity index (χ1v) is 6.60. The van der Waals surface area contributed by atoms with E-state index in [0.717, 1.165) is 25.5 Å². The molecule has 1 fully saturated rings. The van der Waals surface area contributed by atoms with Crippen molar-refractivity contribution in [3.8, 4) is 0 Å². The molecule has 1 aliphatic rings. The first-order chi connectivity index (χ1) is 9.24. The Morgan fingerprint density at radius 3 is 2.52 bits per heavy atom. The molecule has 0 aliphatic carbocycles. The number of benzene rings is 1. The maximum absolute atomic E-state index is 6.28. The van der Waals surface area contributed by atoms with Gasteiger partial charge in [0.15, 0.2) is 0 Å². The van der Waals surface area contributed by atoms with Gasteiger partial charge in [0.05, 0.1) is 6.54 Å². The molecule has 2 heterocycles. The molecule has 2 atom stereocenters. The van der Waals surface area contributed by atoms with Crippen LogP contribution in [-0.2, 0) is 13.6 Å². The van der Waals surface area contributed by atoms with Crippen molar-refractivity contribution in [1.82, 2.24) is 19.7 Å². The molecule has 1 aliphatic heterocycles. The molecule has 7 heteroatoms. The molecule has 5 nitrogen and oxygen atoms in total. The quantitative estimate of drug-likeness (QED) is 0.928. The summed E-state index contributed by atoms with van der Waals surface area (Å²) >= 11 is 0. The second kappa shape index (κ2) is 7.75. The number of aromatic nitrogens is 3. The van der Waals surface area contributed by atoms with Gasteiger partial charge in [0.1, 0.15) is 12.2 Å². The van der Waals surface area contributed by atoms with Crippen molar-refractivity contribution in [2.45, 2.75) is 18.5 Å². The van der Waals surface area contributed by atoms with Crippen LogP contribution >= 0.6 is 24.8 Å². The summed E-state index contributed by atoms with van der Waals surface area (Å²) in [6.07, 6.45) is 1.60. The van der Waals surface area contributed by atoms with Gasteiger partial charge in [-0.05, 0) is 5.56 Å². The summed E-state index contributed by atoms with van der Waals surface area (Å²) < 4.78 is 1.82. The molecule has 0 saturated carbocycles. The Bertz CT molecular complexity index is 545. The summed E-state index contributed by atoms with van der Waals surface area (Å²) in [6, 6.07) is 10.7. The first-order valence-electron chi connectivity index (χ1n) is 6.60. The summed E-state index contributed by atoms with van der Waals surface area (Å²) in [7, 11) is 1.92. The molecule has 2 N–H and O–H groups in total. The molecule has 0 spiro atoms. The standard InChI is InChI=1S/C14H19N5.2ClH/c1-18-14(16-10-17-18)9-19-7-12(13(15)8-19)11-5-3-2-4-6-11;;/h2-6,10,12-13H,7-9,15H2,1H3;2*1H/t12-,13+;;/m0../s1. The van der Waals surface area contributed by atoms with E-state index in [9.17, 15) is 0 Å². The number of aryl methyl sites for hydroxylation is 1. The van der Waals surface area contributed by atoms with Gasteiger partial charge < -0.3 is 5.73 Å². The van der Waals surface area contributed by atoms with Crippen molar-refractivity contribution in [2.24, 2.45) is 12.8 Å². The summed E-state index contributed by atoms with van der Waals surface area (Å²) in [4.78, 5) is 6.62. The van der Waals surface area contributed by atoms with Crippen molar-refractivity contribution in [3.63, 3.8) is 0 Å². The molecule has 1 saturated heterocycles. The minimum Gasteiger partial charge on any atom is -0.326 e. The van der Waals surface area contributed by atoms with Gasteiger partial charge in [0, 0.05) is 32.1 Å². The number of nitrogens with two attached hydrogens (primary N) is 1. The normalized spacial score (nSPS) is 21.6. The molecular weight excluding hydrogens is 309 g/mol. The highest BCUT2D eigenvalue weighted by atomic mass is 35.5. The van der Waals surface area contributed by atoms with Crippen molar-refractivity contribution in [2.75, 3.05) is 13.1 Å². The predicted molar refractivity (Wildman–Crippen MR) is 87.9 cm³/mol. The van der Waals surface area contributed by atoms with Crippen LogP contribution < -0.4 is 5.73 Å². The van der Waals surface area contributed by atoms with Crippen LogP contribution in [0.4, 0.5) is 0 Å². The minimum absolute atomic E-state index is 0. The number of halogens is 2. The van der Waals surface area contributed by atoms with E-state index in [2.05, 4.69) is 39.2 Å². The van der Waals surface area contributed by atoms with Crippen molar-refractivity contribution in [3.05, 3.63) is 48.0 Å². The molecule has 21 heavy (non-hydrogen) atoms. The molecule has 0 radical (unpaired) electrons. The number of nitrogens with zero attached hydrogens (tertiary/aromatic N) is 4. The average molecular weight is 330 g/mol. The molecule has 0 bridgehead atoms. The maximum atomic E-state index is 6.28. The molecule has 1 aromatic carbocycles. The summed E-state index contributed by atoms with van der Waals surface area (Å²) in [5, 5.41) is 4.10.